The molecule has 5 rings (SSSR count). The Kier molecular flexibility index (Phi) is 3.02. The topological polar surface area (TPSA) is 56.0 Å². The Labute approximate surface area is 140 Å². The van der Waals surface area contributed by atoms with Gasteiger partial charge in [0, 0.05) is 33.8 Å². The second kappa shape index (κ2) is 5.21. The van der Waals surface area contributed by atoms with Crippen LogP contribution in [0.25, 0.3) is 26.9 Å². The summed E-state index contributed by atoms with van der Waals surface area (Å²) in [6, 6.07) is 3.88. The van der Waals surface area contributed by atoms with Crippen molar-refractivity contribution in [1.82, 2.24) is 24.8 Å². The zero-order chi connectivity index (χ0) is 15.2. The summed E-state index contributed by atoms with van der Waals surface area (Å²) in [7, 11) is 0. The van der Waals surface area contributed by atoms with E-state index in [0.29, 0.717) is 0 Å². The number of aryl methyl sites for hydroxylation is 1. The first-order valence-corrected chi connectivity index (χ1v) is 9.32. The van der Waals surface area contributed by atoms with E-state index in [1.54, 1.807) is 23.7 Å². The van der Waals surface area contributed by atoms with Gasteiger partial charge < -0.3 is 0 Å². The SMILES string of the molecule is c1cncc(-c2nnc3sc(-c4csc5c4CCCC5)nn23)c1. The van der Waals surface area contributed by atoms with E-state index in [1.807, 2.05) is 28.0 Å². The average Bonchev–Trinajstić information content (AvgIpc) is 3.28. The fraction of sp³-hybridized carbons (Fsp3) is 0.250. The third-order valence-electron chi connectivity index (χ3n) is 4.20. The van der Waals surface area contributed by atoms with E-state index in [2.05, 4.69) is 20.6 Å². The number of nitrogens with zero attached hydrogens (tertiary/aromatic N) is 5. The Balaban J connectivity index is 1.64. The number of hydrogen-bond acceptors (Lipinski definition) is 6. The highest BCUT2D eigenvalue weighted by Gasteiger charge is 2.21. The monoisotopic (exact) mass is 339 g/mol. The highest BCUT2D eigenvalue weighted by Crippen LogP contribution is 2.38. The van der Waals surface area contributed by atoms with Crippen LogP contribution in [0.15, 0.2) is 29.9 Å². The summed E-state index contributed by atoms with van der Waals surface area (Å²) in [4.78, 5) is 6.52. The normalized spacial score (nSPS) is 14.3. The van der Waals surface area contributed by atoms with E-state index in [4.69, 9.17) is 5.10 Å². The summed E-state index contributed by atoms with van der Waals surface area (Å²) in [6.45, 7) is 0. The molecule has 5 nitrogen and oxygen atoms in total. The molecule has 0 fully saturated rings. The molecule has 0 aliphatic heterocycles. The molecule has 0 spiro atoms. The molecule has 0 bridgehead atoms. The number of aromatic nitrogens is 5. The molecule has 0 aromatic carbocycles. The molecule has 23 heavy (non-hydrogen) atoms. The summed E-state index contributed by atoms with van der Waals surface area (Å²) in [5, 5.41) is 16.6. The Morgan fingerprint density at radius 2 is 2.09 bits per heavy atom. The summed E-state index contributed by atoms with van der Waals surface area (Å²) in [6.07, 6.45) is 8.52. The first-order valence-electron chi connectivity index (χ1n) is 7.62. The van der Waals surface area contributed by atoms with Gasteiger partial charge in [-0.2, -0.15) is 9.61 Å². The zero-order valence-corrected chi connectivity index (χ0v) is 13.9. The van der Waals surface area contributed by atoms with Gasteiger partial charge in [0.05, 0.1) is 0 Å². The molecule has 4 heterocycles. The maximum Gasteiger partial charge on any atom is 0.235 e. The van der Waals surface area contributed by atoms with Crippen LogP contribution in [0.5, 0.6) is 0 Å². The van der Waals surface area contributed by atoms with Crippen LogP contribution in [0.3, 0.4) is 0 Å². The standard InChI is InChI=1S/C16H13N5S2/c1-2-6-13-11(5-1)12(9-22-13)15-20-21-14(18-19-16(21)23-15)10-4-3-7-17-8-10/h3-4,7-9H,1-2,5-6H2. The summed E-state index contributed by atoms with van der Waals surface area (Å²) in [5.41, 5.74) is 3.72. The van der Waals surface area contributed by atoms with E-state index < -0.39 is 0 Å². The van der Waals surface area contributed by atoms with Crippen molar-refractivity contribution in [3.63, 3.8) is 0 Å². The molecule has 0 N–H and O–H groups in total. The van der Waals surface area contributed by atoms with Crippen LogP contribution in [-0.2, 0) is 12.8 Å². The minimum absolute atomic E-state index is 0.750. The molecule has 1 aliphatic rings. The van der Waals surface area contributed by atoms with Gasteiger partial charge in [0.15, 0.2) is 5.82 Å². The van der Waals surface area contributed by atoms with Crippen LogP contribution in [0.1, 0.15) is 23.3 Å². The van der Waals surface area contributed by atoms with Gasteiger partial charge in [0.25, 0.3) is 0 Å². The molecule has 0 unspecified atom stereocenters. The van der Waals surface area contributed by atoms with Gasteiger partial charge in [0.1, 0.15) is 5.01 Å². The van der Waals surface area contributed by atoms with E-state index in [9.17, 15) is 0 Å². The van der Waals surface area contributed by atoms with Crippen molar-refractivity contribution in [3.05, 3.63) is 40.3 Å². The van der Waals surface area contributed by atoms with E-state index >= 15 is 0 Å². The Bertz CT molecular complexity index is 983. The van der Waals surface area contributed by atoms with Gasteiger partial charge in [-0.1, -0.05) is 11.3 Å². The van der Waals surface area contributed by atoms with Crippen molar-refractivity contribution in [1.29, 1.82) is 0 Å². The Morgan fingerprint density at radius 3 is 3.00 bits per heavy atom. The fourth-order valence-corrected chi connectivity index (χ4v) is 5.16. The van der Waals surface area contributed by atoms with Crippen LogP contribution in [0, 0.1) is 0 Å². The molecular weight excluding hydrogens is 326 g/mol. The molecule has 0 radical (unpaired) electrons. The lowest BCUT2D eigenvalue weighted by Gasteiger charge is -2.11. The van der Waals surface area contributed by atoms with Gasteiger partial charge in [0.2, 0.25) is 4.96 Å². The third-order valence-corrected chi connectivity index (χ3v) is 6.22. The van der Waals surface area contributed by atoms with Crippen molar-refractivity contribution >= 4 is 27.6 Å². The smallest absolute Gasteiger partial charge is 0.235 e. The number of fused-ring (bicyclic) bond motifs is 2. The minimum atomic E-state index is 0.750. The van der Waals surface area contributed by atoms with Gasteiger partial charge in [-0.25, -0.2) is 0 Å². The van der Waals surface area contributed by atoms with Crippen molar-refractivity contribution < 1.29 is 0 Å². The van der Waals surface area contributed by atoms with Gasteiger partial charge in [-0.05, 0) is 43.4 Å². The lowest BCUT2D eigenvalue weighted by Crippen LogP contribution is -1.99. The van der Waals surface area contributed by atoms with Crippen LogP contribution in [0.4, 0.5) is 0 Å². The molecule has 4 aromatic rings. The fourth-order valence-electron chi connectivity index (χ4n) is 3.07. The minimum Gasteiger partial charge on any atom is -0.264 e. The molecule has 0 amide bonds. The van der Waals surface area contributed by atoms with Crippen molar-refractivity contribution in [2.75, 3.05) is 0 Å². The summed E-state index contributed by atoms with van der Waals surface area (Å²) in [5.74, 6) is 0.750. The molecule has 7 heteroatoms. The Hall–Kier alpha value is -2.12. The second-order valence-corrected chi connectivity index (χ2v) is 7.55. The maximum atomic E-state index is 4.79. The largest absolute Gasteiger partial charge is 0.264 e. The number of rotatable bonds is 2. The van der Waals surface area contributed by atoms with Gasteiger partial charge >= 0.3 is 0 Å². The van der Waals surface area contributed by atoms with Gasteiger partial charge in [-0.15, -0.1) is 21.5 Å². The molecule has 1 aliphatic carbocycles. The highest BCUT2D eigenvalue weighted by atomic mass is 32.1. The highest BCUT2D eigenvalue weighted by molar-refractivity contribution is 7.20. The molecule has 0 atom stereocenters. The van der Waals surface area contributed by atoms with Crippen molar-refractivity contribution in [3.8, 4) is 22.0 Å². The summed E-state index contributed by atoms with van der Waals surface area (Å²) >= 11 is 3.48. The number of pyridine rings is 1. The average molecular weight is 339 g/mol. The number of thiophene rings is 1. The molecule has 114 valence electrons. The quantitative estimate of drug-likeness (QED) is 0.556. The lowest BCUT2D eigenvalue weighted by molar-refractivity contribution is 0.698. The molecular formula is C16H13N5S2. The Morgan fingerprint density at radius 1 is 1.13 bits per heavy atom. The van der Waals surface area contributed by atoms with E-state index in [-0.39, 0.29) is 0 Å². The van der Waals surface area contributed by atoms with Crippen LogP contribution >= 0.6 is 22.7 Å². The third kappa shape index (κ3) is 2.11. The lowest BCUT2D eigenvalue weighted by atomic mass is 9.96. The zero-order valence-electron chi connectivity index (χ0n) is 12.3. The second-order valence-electron chi connectivity index (χ2n) is 5.63. The molecule has 0 saturated heterocycles. The van der Waals surface area contributed by atoms with Crippen molar-refractivity contribution in [2.45, 2.75) is 25.7 Å². The summed E-state index contributed by atoms with van der Waals surface area (Å²) < 4.78 is 1.84. The van der Waals surface area contributed by atoms with Gasteiger partial charge in [-0.3, -0.25) is 4.98 Å². The predicted octanol–water partition coefficient (Wildman–Crippen LogP) is 3.86. The van der Waals surface area contributed by atoms with Crippen LogP contribution in [-0.4, -0.2) is 24.8 Å². The molecule has 0 saturated carbocycles. The number of hydrogen-bond donors (Lipinski definition) is 0. The molecule has 4 aromatic heterocycles. The first-order chi connectivity index (χ1) is 11.4. The maximum absolute atomic E-state index is 4.79. The van der Waals surface area contributed by atoms with Crippen molar-refractivity contribution in [2.24, 2.45) is 0 Å². The first kappa shape index (κ1) is 13.3. The van der Waals surface area contributed by atoms with Crippen LogP contribution in [0.2, 0.25) is 0 Å². The predicted molar refractivity (Wildman–Crippen MR) is 91.8 cm³/mol. The van der Waals surface area contributed by atoms with E-state index in [0.717, 1.165) is 21.4 Å². The van der Waals surface area contributed by atoms with Crippen LogP contribution < -0.4 is 0 Å². The van der Waals surface area contributed by atoms with E-state index in [1.165, 1.54) is 41.7 Å².